The van der Waals surface area contributed by atoms with Crippen LogP contribution in [-0.2, 0) is 0 Å². The standard InChI is InChI=1S/C11H18N2S/c1-3-8(2)11-13-10(7-14-11)9-5-4-6-12-9/h7-9,12H,3-6H2,1-2H3/t8?,9-/m1/s1. The first-order valence-corrected chi connectivity index (χ1v) is 6.38. The Bertz CT molecular complexity index is 289. The summed E-state index contributed by atoms with van der Waals surface area (Å²) in [5, 5.41) is 7.02. The summed E-state index contributed by atoms with van der Waals surface area (Å²) in [5.41, 5.74) is 1.27. The molecule has 2 rings (SSSR count). The molecule has 0 bridgehead atoms. The molecule has 0 amide bonds. The summed E-state index contributed by atoms with van der Waals surface area (Å²) >= 11 is 1.82. The molecule has 2 atom stereocenters. The van der Waals surface area contributed by atoms with E-state index in [4.69, 9.17) is 4.98 Å². The number of thiazole rings is 1. The fourth-order valence-electron chi connectivity index (χ4n) is 1.80. The highest BCUT2D eigenvalue weighted by molar-refractivity contribution is 7.09. The molecule has 1 saturated heterocycles. The Balaban J connectivity index is 2.08. The summed E-state index contributed by atoms with van der Waals surface area (Å²) in [7, 11) is 0. The zero-order chi connectivity index (χ0) is 9.97. The van der Waals surface area contributed by atoms with E-state index in [0.717, 1.165) is 6.54 Å². The molecular weight excluding hydrogens is 192 g/mol. The minimum atomic E-state index is 0.532. The zero-order valence-corrected chi connectivity index (χ0v) is 9.73. The van der Waals surface area contributed by atoms with Crippen LogP contribution in [0.5, 0.6) is 0 Å². The predicted molar refractivity (Wildman–Crippen MR) is 60.8 cm³/mol. The van der Waals surface area contributed by atoms with Crippen LogP contribution in [0, 0.1) is 0 Å². The second-order valence-electron chi connectivity index (χ2n) is 4.07. The van der Waals surface area contributed by atoms with Crippen molar-refractivity contribution in [3.05, 3.63) is 16.1 Å². The first kappa shape index (κ1) is 10.1. The van der Waals surface area contributed by atoms with Gasteiger partial charge in [0.2, 0.25) is 0 Å². The van der Waals surface area contributed by atoms with Gasteiger partial charge in [-0.2, -0.15) is 0 Å². The van der Waals surface area contributed by atoms with Crippen molar-refractivity contribution in [2.24, 2.45) is 0 Å². The van der Waals surface area contributed by atoms with Crippen molar-refractivity contribution in [3.8, 4) is 0 Å². The van der Waals surface area contributed by atoms with Crippen LogP contribution < -0.4 is 5.32 Å². The molecule has 78 valence electrons. The van der Waals surface area contributed by atoms with Gasteiger partial charge in [0.25, 0.3) is 0 Å². The molecule has 2 nitrogen and oxygen atoms in total. The fraction of sp³-hybridized carbons (Fsp3) is 0.727. The Morgan fingerprint density at radius 2 is 2.57 bits per heavy atom. The molecule has 1 aromatic rings. The van der Waals surface area contributed by atoms with Crippen molar-refractivity contribution in [1.82, 2.24) is 10.3 Å². The quantitative estimate of drug-likeness (QED) is 0.829. The van der Waals surface area contributed by atoms with Gasteiger partial charge in [0, 0.05) is 11.3 Å². The molecule has 3 heteroatoms. The van der Waals surface area contributed by atoms with E-state index < -0.39 is 0 Å². The van der Waals surface area contributed by atoms with Gasteiger partial charge in [-0.15, -0.1) is 11.3 Å². The van der Waals surface area contributed by atoms with Crippen molar-refractivity contribution in [1.29, 1.82) is 0 Å². The lowest BCUT2D eigenvalue weighted by Gasteiger charge is -2.06. The summed E-state index contributed by atoms with van der Waals surface area (Å²) in [6, 6.07) is 0.532. The third-order valence-corrected chi connectivity index (χ3v) is 4.09. The Labute approximate surface area is 89.8 Å². The Morgan fingerprint density at radius 1 is 1.71 bits per heavy atom. The molecule has 1 fully saturated rings. The molecule has 1 N–H and O–H groups in total. The van der Waals surface area contributed by atoms with Crippen LogP contribution in [0.25, 0.3) is 0 Å². The average Bonchev–Trinajstić information content (AvgIpc) is 2.86. The third-order valence-electron chi connectivity index (χ3n) is 2.99. The summed E-state index contributed by atoms with van der Waals surface area (Å²) in [6.45, 7) is 5.63. The number of hydrogen-bond acceptors (Lipinski definition) is 3. The first-order chi connectivity index (χ1) is 6.81. The minimum Gasteiger partial charge on any atom is -0.309 e. The summed E-state index contributed by atoms with van der Waals surface area (Å²) < 4.78 is 0. The largest absolute Gasteiger partial charge is 0.309 e. The number of hydrogen-bond donors (Lipinski definition) is 1. The van der Waals surface area contributed by atoms with Crippen LogP contribution in [0.3, 0.4) is 0 Å². The maximum atomic E-state index is 4.72. The van der Waals surface area contributed by atoms with Crippen LogP contribution in [-0.4, -0.2) is 11.5 Å². The Hall–Kier alpha value is -0.410. The van der Waals surface area contributed by atoms with Gasteiger partial charge in [-0.05, 0) is 25.8 Å². The average molecular weight is 210 g/mol. The molecule has 14 heavy (non-hydrogen) atoms. The highest BCUT2D eigenvalue weighted by atomic mass is 32.1. The van der Waals surface area contributed by atoms with E-state index in [2.05, 4.69) is 24.5 Å². The van der Waals surface area contributed by atoms with Crippen molar-refractivity contribution >= 4 is 11.3 Å². The molecular formula is C11H18N2S. The first-order valence-electron chi connectivity index (χ1n) is 5.50. The zero-order valence-electron chi connectivity index (χ0n) is 8.92. The Morgan fingerprint density at radius 3 is 3.21 bits per heavy atom. The van der Waals surface area contributed by atoms with E-state index >= 15 is 0 Å². The third kappa shape index (κ3) is 1.98. The van der Waals surface area contributed by atoms with Crippen molar-refractivity contribution < 1.29 is 0 Å². The molecule has 0 spiro atoms. The lowest BCUT2D eigenvalue weighted by molar-refractivity contribution is 0.623. The molecule has 1 aromatic heterocycles. The van der Waals surface area contributed by atoms with E-state index in [1.165, 1.54) is 30.0 Å². The van der Waals surface area contributed by atoms with Gasteiger partial charge in [-0.25, -0.2) is 4.98 Å². The summed E-state index contributed by atoms with van der Waals surface area (Å²) in [4.78, 5) is 4.72. The molecule has 1 aliphatic rings. The molecule has 1 aliphatic heterocycles. The monoisotopic (exact) mass is 210 g/mol. The molecule has 0 radical (unpaired) electrons. The summed E-state index contributed by atoms with van der Waals surface area (Å²) in [6.07, 6.45) is 3.73. The van der Waals surface area contributed by atoms with Crippen LogP contribution in [0.4, 0.5) is 0 Å². The second-order valence-corrected chi connectivity index (χ2v) is 4.96. The van der Waals surface area contributed by atoms with Crippen LogP contribution >= 0.6 is 11.3 Å². The molecule has 0 saturated carbocycles. The number of aromatic nitrogens is 1. The fourth-order valence-corrected chi connectivity index (χ4v) is 2.81. The predicted octanol–water partition coefficient (Wildman–Crippen LogP) is 3.08. The maximum Gasteiger partial charge on any atom is 0.0957 e. The van der Waals surface area contributed by atoms with Gasteiger partial charge in [0.15, 0.2) is 0 Å². The minimum absolute atomic E-state index is 0.532. The van der Waals surface area contributed by atoms with Gasteiger partial charge in [0.05, 0.1) is 16.7 Å². The number of nitrogens with zero attached hydrogens (tertiary/aromatic N) is 1. The van der Waals surface area contributed by atoms with E-state index in [9.17, 15) is 0 Å². The summed E-state index contributed by atoms with van der Waals surface area (Å²) in [5.74, 6) is 0.621. The highest BCUT2D eigenvalue weighted by Gasteiger charge is 2.19. The van der Waals surface area contributed by atoms with E-state index in [-0.39, 0.29) is 0 Å². The smallest absolute Gasteiger partial charge is 0.0957 e. The number of rotatable bonds is 3. The topological polar surface area (TPSA) is 24.9 Å². The van der Waals surface area contributed by atoms with Crippen molar-refractivity contribution in [2.45, 2.75) is 45.1 Å². The second kappa shape index (κ2) is 4.41. The lowest BCUT2D eigenvalue weighted by atomic mass is 10.1. The van der Waals surface area contributed by atoms with Crippen LogP contribution in [0.1, 0.15) is 55.8 Å². The van der Waals surface area contributed by atoms with Crippen LogP contribution in [0.15, 0.2) is 5.38 Å². The lowest BCUT2D eigenvalue weighted by Crippen LogP contribution is -2.13. The van der Waals surface area contributed by atoms with Gasteiger partial charge in [-0.1, -0.05) is 13.8 Å². The Kier molecular flexibility index (Phi) is 3.19. The van der Waals surface area contributed by atoms with Crippen molar-refractivity contribution in [2.75, 3.05) is 6.54 Å². The highest BCUT2D eigenvalue weighted by Crippen LogP contribution is 2.28. The molecule has 0 aliphatic carbocycles. The van der Waals surface area contributed by atoms with Gasteiger partial charge < -0.3 is 5.32 Å². The molecule has 2 heterocycles. The SMILES string of the molecule is CCC(C)c1nc([C@H]2CCCN2)cs1. The van der Waals surface area contributed by atoms with Gasteiger partial charge in [-0.3, -0.25) is 0 Å². The van der Waals surface area contributed by atoms with Crippen molar-refractivity contribution in [3.63, 3.8) is 0 Å². The molecule has 0 aromatic carbocycles. The van der Waals surface area contributed by atoms with E-state index in [0.29, 0.717) is 12.0 Å². The van der Waals surface area contributed by atoms with Crippen LogP contribution in [0.2, 0.25) is 0 Å². The van der Waals surface area contributed by atoms with E-state index in [1.54, 1.807) is 0 Å². The normalized spacial score (nSPS) is 24.0. The number of nitrogens with one attached hydrogen (secondary N) is 1. The maximum absolute atomic E-state index is 4.72. The van der Waals surface area contributed by atoms with Gasteiger partial charge >= 0.3 is 0 Å². The van der Waals surface area contributed by atoms with Gasteiger partial charge in [0.1, 0.15) is 0 Å². The molecule has 1 unspecified atom stereocenters. The van der Waals surface area contributed by atoms with E-state index in [1.807, 2.05) is 11.3 Å².